The predicted octanol–water partition coefficient (Wildman–Crippen LogP) is 3.55. The summed E-state index contributed by atoms with van der Waals surface area (Å²) in [6.45, 7) is 1.94. The van der Waals surface area contributed by atoms with Crippen molar-refractivity contribution >= 4 is 28.5 Å². The van der Waals surface area contributed by atoms with Crippen LogP contribution in [0.4, 0.5) is 0 Å². The number of nitrogens with zero attached hydrogens (tertiary/aromatic N) is 1. The molecule has 0 saturated heterocycles. The van der Waals surface area contributed by atoms with Gasteiger partial charge in [0.2, 0.25) is 0 Å². The molecule has 0 unspecified atom stereocenters. The fraction of sp³-hybridized carbons (Fsp3) is 0.312. The summed E-state index contributed by atoms with van der Waals surface area (Å²) >= 11 is 6.92. The Morgan fingerprint density at radius 2 is 2.05 bits per heavy atom. The van der Waals surface area contributed by atoms with Crippen molar-refractivity contribution in [3.8, 4) is 0 Å². The maximum absolute atomic E-state index is 5.83. The highest BCUT2D eigenvalue weighted by molar-refractivity contribution is 7.80. The highest BCUT2D eigenvalue weighted by atomic mass is 32.1. The molecule has 2 nitrogen and oxygen atoms in total. The van der Waals surface area contributed by atoms with E-state index in [1.54, 1.807) is 11.3 Å². The summed E-state index contributed by atoms with van der Waals surface area (Å²) in [7, 11) is 0. The number of rotatable bonds is 6. The molecule has 0 aliphatic heterocycles. The van der Waals surface area contributed by atoms with Crippen molar-refractivity contribution in [2.75, 3.05) is 0 Å². The van der Waals surface area contributed by atoms with Crippen LogP contribution in [-0.4, -0.2) is 15.9 Å². The Balaban J connectivity index is 1.78. The number of thiocarbonyl (C=S) groups is 1. The van der Waals surface area contributed by atoms with Gasteiger partial charge in [0, 0.05) is 24.7 Å². The molecule has 1 saturated carbocycles. The maximum atomic E-state index is 5.83. The first kappa shape index (κ1) is 13.7. The zero-order valence-electron chi connectivity index (χ0n) is 11.3. The SMILES string of the molecule is NC(=S)c1ccccc1CN(Cc1ccsc1)C1CC1. The summed E-state index contributed by atoms with van der Waals surface area (Å²) in [5.74, 6) is 0. The van der Waals surface area contributed by atoms with Gasteiger partial charge in [0.1, 0.15) is 4.99 Å². The van der Waals surface area contributed by atoms with E-state index >= 15 is 0 Å². The molecule has 1 heterocycles. The Kier molecular flexibility index (Phi) is 4.15. The summed E-state index contributed by atoms with van der Waals surface area (Å²) in [4.78, 5) is 3.03. The van der Waals surface area contributed by atoms with Crippen molar-refractivity contribution in [1.82, 2.24) is 4.90 Å². The van der Waals surface area contributed by atoms with Gasteiger partial charge < -0.3 is 5.73 Å². The lowest BCUT2D eigenvalue weighted by molar-refractivity contribution is 0.246. The van der Waals surface area contributed by atoms with Crippen LogP contribution in [0.3, 0.4) is 0 Å². The van der Waals surface area contributed by atoms with E-state index in [1.165, 1.54) is 24.0 Å². The van der Waals surface area contributed by atoms with E-state index in [9.17, 15) is 0 Å². The summed E-state index contributed by atoms with van der Waals surface area (Å²) in [5.41, 5.74) is 9.48. The van der Waals surface area contributed by atoms with Crippen molar-refractivity contribution < 1.29 is 0 Å². The minimum Gasteiger partial charge on any atom is -0.389 e. The topological polar surface area (TPSA) is 29.3 Å². The predicted molar refractivity (Wildman–Crippen MR) is 88.9 cm³/mol. The smallest absolute Gasteiger partial charge is 0.104 e. The molecule has 2 N–H and O–H groups in total. The number of hydrogen-bond donors (Lipinski definition) is 1. The van der Waals surface area contributed by atoms with Gasteiger partial charge in [-0.15, -0.1) is 0 Å². The molecule has 1 aliphatic rings. The van der Waals surface area contributed by atoms with E-state index in [4.69, 9.17) is 18.0 Å². The first-order chi connectivity index (χ1) is 9.74. The lowest BCUT2D eigenvalue weighted by Crippen LogP contribution is -2.26. The molecule has 2 aromatic rings. The molecule has 20 heavy (non-hydrogen) atoms. The third-order valence-corrected chi connectivity index (χ3v) is 4.64. The highest BCUT2D eigenvalue weighted by Gasteiger charge is 2.29. The van der Waals surface area contributed by atoms with Gasteiger partial charge in [-0.3, -0.25) is 4.90 Å². The van der Waals surface area contributed by atoms with Gasteiger partial charge >= 0.3 is 0 Å². The zero-order valence-corrected chi connectivity index (χ0v) is 12.9. The fourth-order valence-electron chi connectivity index (χ4n) is 2.49. The van der Waals surface area contributed by atoms with Crippen molar-refractivity contribution in [3.63, 3.8) is 0 Å². The molecule has 1 aromatic heterocycles. The molecular weight excluding hydrogens is 284 g/mol. The van der Waals surface area contributed by atoms with Gasteiger partial charge in [0.15, 0.2) is 0 Å². The third kappa shape index (κ3) is 3.26. The number of benzene rings is 1. The number of thiophene rings is 1. The molecule has 0 atom stereocenters. The maximum Gasteiger partial charge on any atom is 0.104 e. The average Bonchev–Trinajstić information content (AvgIpc) is 3.17. The van der Waals surface area contributed by atoms with Crippen LogP contribution < -0.4 is 5.73 Å². The molecule has 4 heteroatoms. The Bertz CT molecular complexity index is 588. The Labute approximate surface area is 129 Å². The normalized spacial score (nSPS) is 14.7. The summed E-state index contributed by atoms with van der Waals surface area (Å²) < 4.78 is 0. The molecule has 1 fully saturated rings. The van der Waals surface area contributed by atoms with Crippen molar-refractivity contribution in [2.24, 2.45) is 5.73 Å². The van der Waals surface area contributed by atoms with E-state index in [2.05, 4.69) is 33.9 Å². The van der Waals surface area contributed by atoms with Crippen LogP contribution >= 0.6 is 23.6 Å². The number of nitrogens with two attached hydrogens (primary N) is 1. The van der Waals surface area contributed by atoms with Gasteiger partial charge in [0.05, 0.1) is 0 Å². The monoisotopic (exact) mass is 302 g/mol. The second kappa shape index (κ2) is 6.04. The van der Waals surface area contributed by atoms with Crippen LogP contribution in [0.5, 0.6) is 0 Å². The average molecular weight is 302 g/mol. The largest absolute Gasteiger partial charge is 0.389 e. The van der Waals surface area contributed by atoms with E-state index in [1.807, 2.05) is 12.1 Å². The van der Waals surface area contributed by atoms with Crippen LogP contribution in [0, 0.1) is 0 Å². The van der Waals surface area contributed by atoms with Crippen molar-refractivity contribution in [2.45, 2.75) is 32.0 Å². The van der Waals surface area contributed by atoms with Gasteiger partial charge in [-0.05, 0) is 40.8 Å². The van der Waals surface area contributed by atoms with Crippen molar-refractivity contribution in [3.05, 3.63) is 57.8 Å². The molecule has 1 aliphatic carbocycles. The molecule has 0 bridgehead atoms. The summed E-state index contributed by atoms with van der Waals surface area (Å²) in [6, 6.07) is 11.1. The fourth-order valence-corrected chi connectivity index (χ4v) is 3.35. The number of hydrogen-bond acceptors (Lipinski definition) is 3. The highest BCUT2D eigenvalue weighted by Crippen LogP contribution is 2.30. The molecule has 0 radical (unpaired) electrons. The minimum atomic E-state index is 0.492. The molecule has 0 spiro atoms. The molecule has 104 valence electrons. The molecular formula is C16H18N2S2. The Hall–Kier alpha value is -1.23. The minimum absolute atomic E-state index is 0.492. The summed E-state index contributed by atoms with van der Waals surface area (Å²) in [6.07, 6.45) is 2.61. The molecule has 3 rings (SSSR count). The first-order valence-corrected chi connectivity index (χ1v) is 8.22. The van der Waals surface area contributed by atoms with Gasteiger partial charge in [-0.1, -0.05) is 36.5 Å². The van der Waals surface area contributed by atoms with Gasteiger partial charge in [-0.25, -0.2) is 0 Å². The zero-order chi connectivity index (χ0) is 13.9. The van der Waals surface area contributed by atoms with E-state index in [0.717, 1.165) is 18.7 Å². The van der Waals surface area contributed by atoms with Crippen molar-refractivity contribution in [1.29, 1.82) is 0 Å². The Morgan fingerprint density at radius 3 is 2.70 bits per heavy atom. The quantitative estimate of drug-likeness (QED) is 0.828. The van der Waals surface area contributed by atoms with Crippen LogP contribution in [0.2, 0.25) is 0 Å². The lowest BCUT2D eigenvalue weighted by atomic mass is 10.1. The van der Waals surface area contributed by atoms with E-state index in [0.29, 0.717) is 11.0 Å². The van der Waals surface area contributed by atoms with E-state index < -0.39 is 0 Å². The van der Waals surface area contributed by atoms with Gasteiger partial charge in [0.25, 0.3) is 0 Å². The van der Waals surface area contributed by atoms with Crippen LogP contribution in [-0.2, 0) is 13.1 Å². The Morgan fingerprint density at radius 1 is 1.25 bits per heavy atom. The third-order valence-electron chi connectivity index (χ3n) is 3.69. The van der Waals surface area contributed by atoms with Crippen LogP contribution in [0.1, 0.15) is 29.5 Å². The second-order valence-corrected chi connectivity index (χ2v) is 6.51. The van der Waals surface area contributed by atoms with E-state index in [-0.39, 0.29) is 0 Å². The lowest BCUT2D eigenvalue weighted by Gasteiger charge is -2.23. The summed E-state index contributed by atoms with van der Waals surface area (Å²) in [5, 5.41) is 4.37. The van der Waals surface area contributed by atoms with Gasteiger partial charge in [-0.2, -0.15) is 11.3 Å². The van der Waals surface area contributed by atoms with Crippen LogP contribution in [0.25, 0.3) is 0 Å². The first-order valence-electron chi connectivity index (χ1n) is 6.87. The standard InChI is InChI=1S/C16H18N2S2/c17-16(19)15-4-2-1-3-13(15)10-18(14-5-6-14)9-12-7-8-20-11-12/h1-4,7-8,11,14H,5-6,9-10H2,(H2,17,19). The molecule has 1 aromatic carbocycles. The van der Waals surface area contributed by atoms with Crippen LogP contribution in [0.15, 0.2) is 41.1 Å². The molecule has 0 amide bonds. The second-order valence-electron chi connectivity index (χ2n) is 5.29.